The summed E-state index contributed by atoms with van der Waals surface area (Å²) in [4.78, 5) is 51.7. The van der Waals surface area contributed by atoms with Crippen molar-refractivity contribution in [2.45, 2.75) is 103 Å². The van der Waals surface area contributed by atoms with Gasteiger partial charge in [0.25, 0.3) is 0 Å². The van der Waals surface area contributed by atoms with Crippen molar-refractivity contribution in [2.75, 3.05) is 6.54 Å². The minimum absolute atomic E-state index is 0.0291. The molecule has 0 unspecified atom stereocenters. The van der Waals surface area contributed by atoms with Crippen LogP contribution in [0, 0.1) is 5.92 Å². The van der Waals surface area contributed by atoms with E-state index in [2.05, 4.69) is 44.1 Å². The van der Waals surface area contributed by atoms with Gasteiger partial charge in [-0.25, -0.2) is 0 Å². The van der Waals surface area contributed by atoms with Crippen LogP contribution in [0.25, 0.3) is 0 Å². The van der Waals surface area contributed by atoms with Crippen LogP contribution in [-0.2, 0) is 25.6 Å². The molecule has 226 valence electrons. The van der Waals surface area contributed by atoms with E-state index < -0.39 is 18.0 Å². The van der Waals surface area contributed by atoms with Crippen LogP contribution < -0.4 is 21.3 Å². The lowest BCUT2D eigenvalue weighted by molar-refractivity contribution is -0.131. The summed E-state index contributed by atoms with van der Waals surface area (Å²) in [7, 11) is 0. The molecule has 0 aromatic heterocycles. The monoisotopic (exact) mass is 630 g/mol. The summed E-state index contributed by atoms with van der Waals surface area (Å²) in [5.41, 5.74) is 0.884. The van der Waals surface area contributed by atoms with Gasteiger partial charge in [0, 0.05) is 36.0 Å². The van der Waals surface area contributed by atoms with E-state index in [9.17, 15) is 19.2 Å². The Morgan fingerprint density at radius 1 is 1.05 bits per heavy atom. The smallest absolute Gasteiger partial charge is 0.247 e. The van der Waals surface area contributed by atoms with Gasteiger partial charge in [-0.05, 0) is 36.5 Å². The van der Waals surface area contributed by atoms with Gasteiger partial charge in [-0.2, -0.15) is 0 Å². The van der Waals surface area contributed by atoms with Crippen molar-refractivity contribution in [1.82, 2.24) is 21.3 Å². The molecular formula is C32H47BrN4O4. The first-order valence-corrected chi connectivity index (χ1v) is 15.8. The third-order valence-electron chi connectivity index (χ3n) is 6.99. The molecule has 0 radical (unpaired) electrons. The molecule has 0 bridgehead atoms. The van der Waals surface area contributed by atoms with Gasteiger partial charge in [0.2, 0.25) is 23.6 Å². The average Bonchev–Trinajstić information content (AvgIpc) is 2.92. The van der Waals surface area contributed by atoms with Gasteiger partial charge >= 0.3 is 0 Å². The number of halogens is 1. The Labute approximate surface area is 253 Å². The molecule has 0 aliphatic carbocycles. The van der Waals surface area contributed by atoms with E-state index in [1.54, 1.807) is 18.2 Å². The lowest BCUT2D eigenvalue weighted by Gasteiger charge is -2.25. The summed E-state index contributed by atoms with van der Waals surface area (Å²) < 4.78 is 0.880. The Kier molecular flexibility index (Phi) is 16.1. The van der Waals surface area contributed by atoms with Crippen LogP contribution in [0.4, 0.5) is 0 Å². The van der Waals surface area contributed by atoms with Gasteiger partial charge in [0.15, 0.2) is 0 Å². The maximum absolute atomic E-state index is 13.6. The Hall–Kier alpha value is -2.94. The molecule has 41 heavy (non-hydrogen) atoms. The largest absolute Gasteiger partial charge is 0.352 e. The SMILES string of the molecule is CCCCCCCCCC(=O)N[C@@H](Cc1cccc(Br)c1)C(=O)N[C@H]1/C=C/CCNC(=O)/C=C/[C@H](C(C)C)NC1=O. The molecule has 1 aliphatic heterocycles. The Morgan fingerprint density at radius 3 is 2.49 bits per heavy atom. The molecule has 1 aliphatic rings. The van der Waals surface area contributed by atoms with E-state index in [1.165, 1.54) is 31.8 Å². The van der Waals surface area contributed by atoms with Crippen molar-refractivity contribution in [3.8, 4) is 0 Å². The lowest BCUT2D eigenvalue weighted by atomic mass is 10.0. The number of nitrogens with one attached hydrogen (secondary N) is 4. The molecule has 4 amide bonds. The molecule has 9 heteroatoms. The summed E-state index contributed by atoms with van der Waals surface area (Å²) in [5, 5.41) is 11.5. The predicted molar refractivity (Wildman–Crippen MR) is 167 cm³/mol. The molecule has 0 saturated carbocycles. The third kappa shape index (κ3) is 14.0. The Bertz CT molecular complexity index is 1060. The summed E-state index contributed by atoms with van der Waals surface area (Å²) in [6.45, 7) is 6.49. The van der Waals surface area contributed by atoms with E-state index in [0.717, 1.165) is 29.3 Å². The molecule has 0 spiro atoms. The van der Waals surface area contributed by atoms with Crippen LogP contribution >= 0.6 is 15.9 Å². The molecular weight excluding hydrogens is 584 g/mol. The number of hydrogen-bond donors (Lipinski definition) is 4. The van der Waals surface area contributed by atoms with Crippen LogP contribution in [0.1, 0.15) is 84.1 Å². The van der Waals surface area contributed by atoms with E-state index in [-0.39, 0.29) is 36.1 Å². The molecule has 3 atom stereocenters. The first-order chi connectivity index (χ1) is 19.7. The normalized spacial score (nSPS) is 20.1. The van der Waals surface area contributed by atoms with Crippen LogP contribution in [0.3, 0.4) is 0 Å². The third-order valence-corrected chi connectivity index (χ3v) is 7.48. The van der Waals surface area contributed by atoms with Crippen molar-refractivity contribution < 1.29 is 19.2 Å². The predicted octanol–water partition coefficient (Wildman–Crippen LogP) is 4.88. The Morgan fingerprint density at radius 2 is 1.78 bits per heavy atom. The number of carbonyl (C=O) groups excluding carboxylic acids is 4. The molecule has 0 saturated heterocycles. The number of amides is 4. The molecule has 1 aromatic rings. The number of carbonyl (C=O) groups is 4. The van der Waals surface area contributed by atoms with E-state index >= 15 is 0 Å². The van der Waals surface area contributed by atoms with Crippen molar-refractivity contribution in [2.24, 2.45) is 5.92 Å². The molecule has 4 N–H and O–H groups in total. The zero-order valence-electron chi connectivity index (χ0n) is 24.7. The van der Waals surface area contributed by atoms with E-state index in [1.807, 2.05) is 38.1 Å². The van der Waals surface area contributed by atoms with Gasteiger partial charge in [-0.1, -0.05) is 106 Å². The zero-order chi connectivity index (χ0) is 30.0. The van der Waals surface area contributed by atoms with Crippen molar-refractivity contribution >= 4 is 39.6 Å². The first-order valence-electron chi connectivity index (χ1n) is 15.0. The van der Waals surface area contributed by atoms with Crippen molar-refractivity contribution in [3.63, 3.8) is 0 Å². The lowest BCUT2D eigenvalue weighted by Crippen LogP contribution is -2.55. The van der Waals surface area contributed by atoms with Crippen LogP contribution in [0.2, 0.25) is 0 Å². The quantitative estimate of drug-likeness (QED) is 0.173. The highest BCUT2D eigenvalue weighted by molar-refractivity contribution is 9.10. The van der Waals surface area contributed by atoms with E-state index in [0.29, 0.717) is 19.4 Å². The topological polar surface area (TPSA) is 116 Å². The second-order valence-corrected chi connectivity index (χ2v) is 11.9. The van der Waals surface area contributed by atoms with Gasteiger partial charge in [-0.3, -0.25) is 19.2 Å². The van der Waals surface area contributed by atoms with Crippen molar-refractivity contribution in [3.05, 3.63) is 58.6 Å². The van der Waals surface area contributed by atoms with Crippen LogP contribution in [0.15, 0.2) is 53.0 Å². The number of rotatable bonds is 14. The Balaban J connectivity index is 2.12. The molecule has 1 heterocycles. The standard InChI is InChI=1S/C32H47BrN4O4/c1-4-5-6-7-8-9-10-17-30(39)35-28(22-24-14-13-15-25(33)21-24)32(41)37-27-16-11-12-20-34-29(38)19-18-26(23(2)3)36-31(27)40/h11,13-16,18-19,21,23,26-28H,4-10,12,17,20,22H2,1-3H3,(H,34,38)(H,35,39)(H,36,40)(H,37,41)/b16-11+,19-18+/t26-,27+,28+/m1/s1. The number of unbranched alkanes of at least 4 members (excludes halogenated alkanes) is 6. The number of hydrogen-bond acceptors (Lipinski definition) is 4. The van der Waals surface area contributed by atoms with Gasteiger partial charge in [0.05, 0.1) is 0 Å². The number of benzene rings is 1. The van der Waals surface area contributed by atoms with Gasteiger partial charge in [0.1, 0.15) is 12.1 Å². The fraction of sp³-hybridized carbons (Fsp3) is 0.562. The minimum Gasteiger partial charge on any atom is -0.352 e. The van der Waals surface area contributed by atoms with Gasteiger partial charge < -0.3 is 21.3 Å². The second kappa shape index (κ2) is 19.2. The fourth-order valence-electron chi connectivity index (χ4n) is 4.53. The zero-order valence-corrected chi connectivity index (χ0v) is 26.3. The fourth-order valence-corrected chi connectivity index (χ4v) is 4.97. The van der Waals surface area contributed by atoms with Gasteiger partial charge in [-0.15, -0.1) is 0 Å². The summed E-state index contributed by atoms with van der Waals surface area (Å²) in [5.74, 6) is -1.17. The molecule has 2 rings (SSSR count). The molecule has 8 nitrogen and oxygen atoms in total. The highest BCUT2D eigenvalue weighted by Crippen LogP contribution is 2.14. The summed E-state index contributed by atoms with van der Waals surface area (Å²) >= 11 is 3.47. The maximum atomic E-state index is 13.6. The summed E-state index contributed by atoms with van der Waals surface area (Å²) in [6, 6.07) is 5.44. The highest BCUT2D eigenvalue weighted by Gasteiger charge is 2.27. The molecule has 0 fully saturated rings. The average molecular weight is 632 g/mol. The summed E-state index contributed by atoms with van der Waals surface area (Å²) in [6.07, 6.45) is 15.4. The van der Waals surface area contributed by atoms with Crippen LogP contribution in [0.5, 0.6) is 0 Å². The van der Waals surface area contributed by atoms with Crippen molar-refractivity contribution in [1.29, 1.82) is 0 Å². The first kappa shape index (κ1) is 34.3. The van der Waals surface area contributed by atoms with Crippen LogP contribution in [-0.4, -0.2) is 48.3 Å². The maximum Gasteiger partial charge on any atom is 0.247 e. The highest BCUT2D eigenvalue weighted by atomic mass is 79.9. The van der Waals surface area contributed by atoms with E-state index in [4.69, 9.17) is 0 Å². The minimum atomic E-state index is -0.933. The second-order valence-electron chi connectivity index (χ2n) is 11.0. The molecule has 1 aromatic carbocycles.